The van der Waals surface area contributed by atoms with Gasteiger partial charge in [-0.2, -0.15) is 0 Å². The van der Waals surface area contributed by atoms with Crippen LogP contribution in [0.4, 0.5) is 0 Å². The number of unbranched alkanes of at least 4 members (excludes halogenated alkanes) is 31. The zero-order chi connectivity index (χ0) is 68.7. The molecule has 0 saturated carbocycles. The first kappa shape index (κ1) is 89.1. The second kappa shape index (κ2) is 62.9. The number of rotatable bonds is 68. The molecule has 0 aliphatic carbocycles. The first-order valence-electron chi connectivity index (χ1n) is 38.3. The summed E-state index contributed by atoms with van der Waals surface area (Å²) in [6.07, 6.45) is 49.1. The van der Waals surface area contributed by atoms with Crippen LogP contribution in [0.3, 0.4) is 0 Å². The van der Waals surface area contributed by atoms with Gasteiger partial charge in [-0.1, -0.05) is 213 Å². The molecule has 0 aromatic rings. The van der Waals surface area contributed by atoms with Crippen molar-refractivity contribution >= 4 is 35.8 Å². The number of carbonyl (C=O) groups excluding carboxylic acids is 6. The molecule has 0 aliphatic rings. The zero-order valence-electron chi connectivity index (χ0n) is 61.2. The van der Waals surface area contributed by atoms with E-state index in [1.165, 1.54) is 58.3 Å². The van der Waals surface area contributed by atoms with Crippen LogP contribution in [0.15, 0.2) is 24.3 Å². The maximum atomic E-state index is 13.4. The SMILES string of the molecule is CCCCCCCC[N+](C)(CCOC(C)=O)CC(=O)OC(CCCCC)C(O)CC=CCCCCCCCC(=O)OCCCCCCCCCCOC(=O)CCCCCCCC=CCC(O)C(CCCCC)OC(=O)C[N+](C)(CCCCCCCC)CCOC(=O)CC. The number of aliphatic hydroxyl groups is 2. The molecule has 6 atom stereocenters. The van der Waals surface area contributed by atoms with E-state index in [1.807, 2.05) is 26.2 Å². The van der Waals surface area contributed by atoms with E-state index in [0.29, 0.717) is 80.2 Å². The largest absolute Gasteiger partial charge is 0.466 e. The Bertz CT molecular complexity index is 1880. The molecule has 0 fully saturated rings. The number of hydrogen-bond acceptors (Lipinski definition) is 14. The van der Waals surface area contributed by atoms with Crippen LogP contribution in [0, 0.1) is 0 Å². The Balaban J connectivity index is 4.19. The zero-order valence-corrected chi connectivity index (χ0v) is 61.2. The molecule has 0 aliphatic heterocycles. The Kier molecular flexibility index (Phi) is 60.3. The van der Waals surface area contributed by atoms with Gasteiger partial charge in [0.15, 0.2) is 13.1 Å². The molecule has 0 aromatic carbocycles. The van der Waals surface area contributed by atoms with Crippen LogP contribution >= 0.6 is 0 Å². The Morgan fingerprint density at radius 2 is 0.667 bits per heavy atom. The summed E-state index contributed by atoms with van der Waals surface area (Å²) in [5, 5.41) is 22.3. The smallest absolute Gasteiger partial charge is 0.362 e. The highest BCUT2D eigenvalue weighted by Crippen LogP contribution is 2.21. The quantitative estimate of drug-likeness (QED) is 0.0192. The number of likely N-dealkylation sites (N-methyl/N-ethyl adjacent to an activating group) is 2. The van der Waals surface area contributed by atoms with Crippen LogP contribution in [0.5, 0.6) is 0 Å². The number of aliphatic hydroxyl groups excluding tert-OH is 2. The Morgan fingerprint density at radius 1 is 0.344 bits per heavy atom. The van der Waals surface area contributed by atoms with Crippen molar-refractivity contribution < 1.29 is 76.4 Å². The minimum atomic E-state index is -0.770. The van der Waals surface area contributed by atoms with Gasteiger partial charge < -0.3 is 47.6 Å². The topological polar surface area (TPSA) is 198 Å². The predicted octanol–water partition coefficient (Wildman–Crippen LogP) is 17.4. The molecule has 0 radical (unpaired) electrons. The highest BCUT2D eigenvalue weighted by Gasteiger charge is 2.32. The number of esters is 6. The molecular formula is C77H144N2O14+2. The average molecular weight is 1320 g/mol. The molecular weight excluding hydrogens is 1180 g/mol. The van der Waals surface area contributed by atoms with Gasteiger partial charge in [-0.3, -0.25) is 19.2 Å². The summed E-state index contributed by atoms with van der Waals surface area (Å²) in [6.45, 7) is 16.4. The van der Waals surface area contributed by atoms with E-state index in [9.17, 15) is 39.0 Å². The molecule has 544 valence electrons. The third-order valence-electron chi connectivity index (χ3n) is 18.0. The summed E-state index contributed by atoms with van der Waals surface area (Å²) in [5.74, 6) is -1.39. The maximum Gasteiger partial charge on any atom is 0.362 e. The van der Waals surface area contributed by atoms with Gasteiger partial charge in [0, 0.05) is 26.2 Å². The van der Waals surface area contributed by atoms with E-state index >= 15 is 0 Å². The van der Waals surface area contributed by atoms with Crippen molar-refractivity contribution in [3.05, 3.63) is 24.3 Å². The lowest BCUT2D eigenvalue weighted by atomic mass is 10.0. The summed E-state index contributed by atoms with van der Waals surface area (Å²) < 4.78 is 34.6. The third kappa shape index (κ3) is 57.0. The lowest BCUT2D eigenvalue weighted by Crippen LogP contribution is -2.51. The minimum Gasteiger partial charge on any atom is -0.466 e. The molecule has 2 N–H and O–H groups in total. The standard InChI is InChI=1S/C77H144N2O14/c1-9-14-18-20-38-48-58-78(7,60-64-88-68(6)80)66-76(86)92-71(54-42-16-11-3)69(81)52-44-34-28-22-24-30-36-46-56-74(84)89-62-50-40-32-26-27-33-41-51-63-90-75(85)57-47-37-31-25-23-29-35-45-53-70(82)72(55-43-17-12-4)93-77(87)67-79(8,61-65-91-73(83)13-5)59-49-39-21-19-15-10-2/h34-35,44-45,69-72,81-82H,9-33,36-43,46-67H2,1-8H3/q+2. The van der Waals surface area contributed by atoms with Crippen molar-refractivity contribution in [2.75, 3.05) is 79.8 Å². The van der Waals surface area contributed by atoms with Crippen LogP contribution in [0.25, 0.3) is 0 Å². The number of quaternary nitrogens is 2. The number of ether oxygens (including phenoxy) is 6. The van der Waals surface area contributed by atoms with Gasteiger partial charge in [-0.05, 0) is 116 Å². The van der Waals surface area contributed by atoms with Crippen molar-refractivity contribution in [1.82, 2.24) is 0 Å². The minimum absolute atomic E-state index is 0.104. The lowest BCUT2D eigenvalue weighted by molar-refractivity contribution is -0.903. The van der Waals surface area contributed by atoms with Gasteiger partial charge in [0.2, 0.25) is 0 Å². The molecule has 0 spiro atoms. The van der Waals surface area contributed by atoms with E-state index < -0.39 is 24.4 Å². The number of hydrogen-bond donors (Lipinski definition) is 2. The monoisotopic (exact) mass is 1320 g/mol. The van der Waals surface area contributed by atoms with Crippen LogP contribution < -0.4 is 0 Å². The molecule has 0 bridgehead atoms. The van der Waals surface area contributed by atoms with E-state index in [2.05, 4.69) is 39.8 Å². The summed E-state index contributed by atoms with van der Waals surface area (Å²) >= 11 is 0. The molecule has 0 amide bonds. The van der Waals surface area contributed by atoms with Crippen LogP contribution in [-0.2, 0) is 57.2 Å². The molecule has 0 saturated heterocycles. The molecule has 93 heavy (non-hydrogen) atoms. The van der Waals surface area contributed by atoms with Gasteiger partial charge in [0.25, 0.3) is 0 Å². The molecule has 6 unspecified atom stereocenters. The van der Waals surface area contributed by atoms with E-state index in [4.69, 9.17) is 28.4 Å². The van der Waals surface area contributed by atoms with Crippen molar-refractivity contribution in [2.24, 2.45) is 0 Å². The highest BCUT2D eigenvalue weighted by atomic mass is 16.6. The van der Waals surface area contributed by atoms with Crippen molar-refractivity contribution in [3.63, 3.8) is 0 Å². The van der Waals surface area contributed by atoms with Crippen LogP contribution in [0.2, 0.25) is 0 Å². The maximum absolute atomic E-state index is 13.4. The fourth-order valence-electron chi connectivity index (χ4n) is 11.8. The van der Waals surface area contributed by atoms with Crippen molar-refractivity contribution in [1.29, 1.82) is 0 Å². The van der Waals surface area contributed by atoms with Crippen LogP contribution in [0.1, 0.15) is 330 Å². The molecule has 16 nitrogen and oxygen atoms in total. The van der Waals surface area contributed by atoms with E-state index in [0.717, 1.165) is 206 Å². The summed E-state index contributed by atoms with van der Waals surface area (Å²) in [7, 11) is 4.07. The Hall–Kier alpha value is -3.86. The second-order valence-corrected chi connectivity index (χ2v) is 27.4. The molecule has 0 heterocycles. The van der Waals surface area contributed by atoms with Gasteiger partial charge >= 0.3 is 35.8 Å². The number of allylic oxidation sites excluding steroid dienone is 2. The fourth-order valence-corrected chi connectivity index (χ4v) is 11.8. The summed E-state index contributed by atoms with van der Waals surface area (Å²) in [5.41, 5.74) is 0. The summed E-state index contributed by atoms with van der Waals surface area (Å²) in [6, 6.07) is 0. The lowest BCUT2D eigenvalue weighted by Gasteiger charge is -2.34. The van der Waals surface area contributed by atoms with Gasteiger partial charge in [-0.25, -0.2) is 9.59 Å². The first-order valence-corrected chi connectivity index (χ1v) is 38.3. The number of carbonyl (C=O) groups is 6. The fraction of sp³-hybridized carbons (Fsp3) is 0.870. The van der Waals surface area contributed by atoms with Gasteiger partial charge in [0.05, 0.1) is 52.6 Å². The molecule has 0 rings (SSSR count). The highest BCUT2D eigenvalue weighted by molar-refractivity contribution is 5.71. The predicted molar refractivity (Wildman–Crippen MR) is 377 cm³/mol. The van der Waals surface area contributed by atoms with Crippen molar-refractivity contribution in [2.45, 2.75) is 355 Å². The van der Waals surface area contributed by atoms with Gasteiger partial charge in [0.1, 0.15) is 38.5 Å². The third-order valence-corrected chi connectivity index (χ3v) is 18.0. The van der Waals surface area contributed by atoms with E-state index in [1.54, 1.807) is 6.92 Å². The number of nitrogens with zero attached hydrogens (tertiary/aromatic N) is 2. The van der Waals surface area contributed by atoms with Gasteiger partial charge in [-0.15, -0.1) is 0 Å². The second-order valence-electron chi connectivity index (χ2n) is 27.4. The van der Waals surface area contributed by atoms with Crippen molar-refractivity contribution in [3.8, 4) is 0 Å². The first-order chi connectivity index (χ1) is 45.0. The molecule has 0 aromatic heterocycles. The Labute approximate surface area is 568 Å². The normalized spacial score (nSPS) is 14.3. The summed E-state index contributed by atoms with van der Waals surface area (Å²) in [4.78, 5) is 74.7. The average Bonchev–Trinajstić information content (AvgIpc) is 1.85. The Morgan fingerprint density at radius 3 is 1.04 bits per heavy atom. The van der Waals surface area contributed by atoms with E-state index in [-0.39, 0.29) is 62.1 Å². The molecule has 16 heteroatoms. The van der Waals surface area contributed by atoms with Crippen LogP contribution in [-0.4, -0.2) is 159 Å².